The number of hydrazone groups is 1. The Bertz CT molecular complexity index is 821. The number of methoxy groups -OCH3 is 1. The highest BCUT2D eigenvalue weighted by Gasteiger charge is 2.09. The van der Waals surface area contributed by atoms with Crippen LogP contribution >= 0.6 is 11.6 Å². The highest BCUT2D eigenvalue weighted by Crippen LogP contribution is 2.23. The van der Waals surface area contributed by atoms with Crippen LogP contribution in [-0.2, 0) is 9.59 Å². The summed E-state index contributed by atoms with van der Waals surface area (Å²) in [6, 6.07) is 12.6. The van der Waals surface area contributed by atoms with Gasteiger partial charge < -0.3 is 10.1 Å². The molecule has 0 saturated carbocycles. The molecule has 0 aromatic heterocycles. The highest BCUT2D eigenvalue weighted by molar-refractivity contribution is 6.31. The van der Waals surface area contributed by atoms with Crippen LogP contribution in [0.2, 0.25) is 5.02 Å². The van der Waals surface area contributed by atoms with E-state index in [2.05, 4.69) is 15.8 Å². The van der Waals surface area contributed by atoms with Gasteiger partial charge in [0, 0.05) is 29.1 Å². The molecule has 2 aromatic rings. The Morgan fingerprint density at radius 3 is 2.62 bits per heavy atom. The third-order valence-electron chi connectivity index (χ3n) is 3.65. The summed E-state index contributed by atoms with van der Waals surface area (Å²) in [5.41, 5.74) is 4.56. The average molecular weight is 374 g/mol. The molecule has 0 aliphatic heterocycles. The quantitative estimate of drug-likeness (QED) is 0.575. The normalized spacial score (nSPS) is 10.6. The molecule has 0 fully saturated rings. The fourth-order valence-corrected chi connectivity index (χ4v) is 2.36. The molecule has 0 atom stereocenters. The molecular weight excluding hydrogens is 354 g/mol. The number of nitrogens with zero attached hydrogens (tertiary/aromatic N) is 1. The molecule has 2 N–H and O–H groups in total. The van der Waals surface area contributed by atoms with Crippen molar-refractivity contribution in [2.45, 2.75) is 19.8 Å². The van der Waals surface area contributed by atoms with E-state index in [0.29, 0.717) is 16.5 Å². The molecule has 0 radical (unpaired) electrons. The van der Waals surface area contributed by atoms with Crippen molar-refractivity contribution < 1.29 is 14.3 Å². The number of nitrogens with one attached hydrogen (secondary N) is 2. The molecule has 2 aromatic carbocycles. The van der Waals surface area contributed by atoms with Gasteiger partial charge in [-0.2, -0.15) is 5.10 Å². The van der Waals surface area contributed by atoms with E-state index in [1.54, 1.807) is 31.4 Å². The lowest BCUT2D eigenvalue weighted by Crippen LogP contribution is -2.21. The maximum atomic E-state index is 12.0. The van der Waals surface area contributed by atoms with E-state index in [9.17, 15) is 9.59 Å². The lowest BCUT2D eigenvalue weighted by atomic mass is 10.2. The van der Waals surface area contributed by atoms with Crippen molar-refractivity contribution in [2.75, 3.05) is 12.4 Å². The van der Waals surface area contributed by atoms with Crippen molar-refractivity contribution in [1.29, 1.82) is 0 Å². The molecule has 26 heavy (non-hydrogen) atoms. The third kappa shape index (κ3) is 5.60. The van der Waals surface area contributed by atoms with Gasteiger partial charge in [-0.1, -0.05) is 29.8 Å². The van der Waals surface area contributed by atoms with E-state index >= 15 is 0 Å². The van der Waals surface area contributed by atoms with Crippen molar-refractivity contribution in [3.63, 3.8) is 0 Å². The zero-order valence-corrected chi connectivity index (χ0v) is 15.3. The lowest BCUT2D eigenvalue weighted by Gasteiger charge is -2.09. The minimum Gasteiger partial charge on any atom is -0.496 e. The Hall–Kier alpha value is -2.86. The SMILES string of the molecule is COc1ccccc1/C=N\NC(=O)CCC(=O)Nc1cccc(Cl)c1C. The second-order valence-corrected chi connectivity index (χ2v) is 5.90. The van der Waals surface area contributed by atoms with Crippen molar-refractivity contribution in [3.8, 4) is 5.75 Å². The standard InChI is InChI=1S/C19H20ClN3O3/c1-13-15(20)7-5-8-16(13)22-18(24)10-11-19(25)23-21-12-14-6-3-4-9-17(14)26-2/h3-9,12H,10-11H2,1-2H3,(H,22,24)(H,23,25)/b21-12-. The number of carbonyl (C=O) groups excluding carboxylic acids is 2. The molecule has 0 bridgehead atoms. The van der Waals surface area contributed by atoms with Crippen molar-refractivity contribution in [1.82, 2.24) is 5.43 Å². The van der Waals surface area contributed by atoms with Gasteiger partial charge >= 0.3 is 0 Å². The smallest absolute Gasteiger partial charge is 0.240 e. The van der Waals surface area contributed by atoms with Crippen LogP contribution < -0.4 is 15.5 Å². The number of carbonyl (C=O) groups is 2. The Morgan fingerprint density at radius 2 is 1.85 bits per heavy atom. The van der Waals surface area contributed by atoms with Gasteiger partial charge in [-0.3, -0.25) is 9.59 Å². The van der Waals surface area contributed by atoms with Crippen LogP contribution in [0.1, 0.15) is 24.0 Å². The molecule has 0 aliphatic rings. The predicted octanol–water partition coefficient (Wildman–Crippen LogP) is 3.53. The van der Waals surface area contributed by atoms with E-state index in [1.807, 2.05) is 25.1 Å². The minimum atomic E-state index is -0.353. The Kier molecular flexibility index (Phi) is 7.17. The zero-order valence-electron chi connectivity index (χ0n) is 14.6. The summed E-state index contributed by atoms with van der Waals surface area (Å²) < 4.78 is 5.19. The Morgan fingerprint density at radius 1 is 1.12 bits per heavy atom. The summed E-state index contributed by atoms with van der Waals surface area (Å²) in [6.45, 7) is 1.82. The average Bonchev–Trinajstić information content (AvgIpc) is 2.64. The fraction of sp³-hybridized carbons (Fsp3) is 0.211. The van der Waals surface area contributed by atoms with Gasteiger partial charge in [0.15, 0.2) is 0 Å². The van der Waals surface area contributed by atoms with Gasteiger partial charge in [-0.05, 0) is 36.8 Å². The minimum absolute atomic E-state index is 0.0225. The Labute approximate surface area is 157 Å². The first kappa shape index (κ1) is 19.5. The maximum absolute atomic E-state index is 12.0. The lowest BCUT2D eigenvalue weighted by molar-refractivity contribution is -0.124. The van der Waals surface area contributed by atoms with Crippen LogP contribution in [0.5, 0.6) is 5.75 Å². The number of anilines is 1. The topological polar surface area (TPSA) is 79.8 Å². The molecule has 0 aliphatic carbocycles. The number of hydrogen-bond acceptors (Lipinski definition) is 4. The summed E-state index contributed by atoms with van der Waals surface area (Å²) in [5.74, 6) is 0.0371. The first-order valence-corrected chi connectivity index (χ1v) is 8.39. The third-order valence-corrected chi connectivity index (χ3v) is 4.06. The van der Waals surface area contributed by atoms with Crippen LogP contribution in [0.3, 0.4) is 0 Å². The highest BCUT2D eigenvalue weighted by atomic mass is 35.5. The molecule has 0 heterocycles. The van der Waals surface area contributed by atoms with Crippen LogP contribution in [0.25, 0.3) is 0 Å². The van der Waals surface area contributed by atoms with E-state index in [4.69, 9.17) is 16.3 Å². The first-order chi connectivity index (χ1) is 12.5. The number of ether oxygens (including phenoxy) is 1. The van der Waals surface area contributed by atoms with Gasteiger partial charge in [0.05, 0.1) is 13.3 Å². The predicted molar refractivity (Wildman–Crippen MR) is 103 cm³/mol. The summed E-state index contributed by atoms with van der Waals surface area (Å²) in [7, 11) is 1.56. The van der Waals surface area contributed by atoms with Crippen LogP contribution in [0.4, 0.5) is 5.69 Å². The molecule has 0 saturated heterocycles. The largest absolute Gasteiger partial charge is 0.496 e. The van der Waals surface area contributed by atoms with Crippen molar-refractivity contribution in [3.05, 3.63) is 58.6 Å². The number of halogens is 1. The Balaban J connectivity index is 1.80. The summed E-state index contributed by atoms with van der Waals surface area (Å²) >= 11 is 6.01. The van der Waals surface area contributed by atoms with Gasteiger partial charge in [0.25, 0.3) is 0 Å². The van der Waals surface area contributed by atoms with Gasteiger partial charge in [0.2, 0.25) is 11.8 Å². The van der Waals surface area contributed by atoms with Gasteiger partial charge in [-0.25, -0.2) is 5.43 Å². The number of benzene rings is 2. The number of para-hydroxylation sites is 1. The molecule has 6 nitrogen and oxygen atoms in total. The zero-order chi connectivity index (χ0) is 18.9. The van der Waals surface area contributed by atoms with Crippen molar-refractivity contribution >= 4 is 35.3 Å². The maximum Gasteiger partial charge on any atom is 0.240 e. The number of rotatable bonds is 7. The van der Waals surface area contributed by atoms with Gasteiger partial charge in [0.1, 0.15) is 5.75 Å². The monoisotopic (exact) mass is 373 g/mol. The molecule has 136 valence electrons. The van der Waals surface area contributed by atoms with Crippen molar-refractivity contribution in [2.24, 2.45) is 5.10 Å². The molecule has 0 spiro atoms. The molecular formula is C19H20ClN3O3. The molecule has 2 rings (SSSR count). The fourth-order valence-electron chi connectivity index (χ4n) is 2.19. The summed E-state index contributed by atoms with van der Waals surface area (Å²) in [5, 5.41) is 7.20. The molecule has 2 amide bonds. The van der Waals surface area contributed by atoms with E-state index < -0.39 is 0 Å². The number of amides is 2. The van der Waals surface area contributed by atoms with E-state index in [-0.39, 0.29) is 24.7 Å². The molecule has 0 unspecified atom stereocenters. The summed E-state index contributed by atoms with van der Waals surface area (Å²) in [6.07, 6.45) is 1.56. The van der Waals surface area contributed by atoms with Crippen LogP contribution in [0, 0.1) is 6.92 Å². The first-order valence-electron chi connectivity index (χ1n) is 8.01. The van der Waals surface area contributed by atoms with Gasteiger partial charge in [-0.15, -0.1) is 0 Å². The number of hydrogen-bond donors (Lipinski definition) is 2. The summed E-state index contributed by atoms with van der Waals surface area (Å²) in [4.78, 5) is 23.8. The van der Waals surface area contributed by atoms with Crippen LogP contribution in [-0.4, -0.2) is 25.1 Å². The van der Waals surface area contributed by atoms with E-state index in [1.165, 1.54) is 6.21 Å². The molecule has 7 heteroatoms. The van der Waals surface area contributed by atoms with Crippen LogP contribution in [0.15, 0.2) is 47.6 Å². The second-order valence-electron chi connectivity index (χ2n) is 5.50. The van der Waals surface area contributed by atoms with E-state index in [0.717, 1.165) is 11.1 Å². The second kappa shape index (κ2) is 9.58.